The molecule has 5 nitrogen and oxygen atoms in total. The lowest BCUT2D eigenvalue weighted by molar-refractivity contribution is 0.229. The fraction of sp³-hybridized carbons (Fsp3) is 0.333. The number of hydrogen-bond acceptors (Lipinski definition) is 5. The Morgan fingerprint density at radius 1 is 1.43 bits per heavy atom. The first-order valence-electron chi connectivity index (χ1n) is 7.05. The summed E-state index contributed by atoms with van der Waals surface area (Å²) in [6, 6.07) is 8.26. The van der Waals surface area contributed by atoms with Gasteiger partial charge in [-0.05, 0) is 25.0 Å². The Labute approximate surface area is 126 Å². The highest BCUT2D eigenvalue weighted by atomic mass is 32.1. The molecule has 0 amide bonds. The molecule has 1 unspecified atom stereocenters. The second-order valence-electron chi connectivity index (χ2n) is 5.39. The smallest absolute Gasteiger partial charge is 0.214 e. The van der Waals surface area contributed by atoms with E-state index in [4.69, 9.17) is 4.74 Å². The Hall–Kier alpha value is -2.08. The van der Waals surface area contributed by atoms with Gasteiger partial charge in [-0.25, -0.2) is 9.50 Å². The van der Waals surface area contributed by atoms with E-state index in [1.54, 1.807) is 11.3 Å². The van der Waals surface area contributed by atoms with Crippen molar-refractivity contribution in [3.8, 4) is 5.75 Å². The zero-order valence-electron chi connectivity index (χ0n) is 11.7. The van der Waals surface area contributed by atoms with Gasteiger partial charge in [-0.1, -0.05) is 29.5 Å². The van der Waals surface area contributed by atoms with Crippen LogP contribution in [0.25, 0.3) is 4.96 Å². The lowest BCUT2D eigenvalue weighted by atomic mass is 9.97. The van der Waals surface area contributed by atoms with E-state index in [0.717, 1.165) is 41.1 Å². The third kappa shape index (κ3) is 2.47. The number of anilines is 1. The molecule has 0 aliphatic carbocycles. The Morgan fingerprint density at radius 2 is 2.33 bits per heavy atom. The van der Waals surface area contributed by atoms with E-state index < -0.39 is 0 Å². The summed E-state index contributed by atoms with van der Waals surface area (Å²) in [6.45, 7) is 3.60. The maximum Gasteiger partial charge on any atom is 0.214 e. The molecule has 0 saturated heterocycles. The molecule has 1 atom stereocenters. The lowest BCUT2D eigenvalue weighted by Crippen LogP contribution is -2.27. The van der Waals surface area contributed by atoms with Crippen LogP contribution in [0.15, 0.2) is 30.5 Å². The molecule has 21 heavy (non-hydrogen) atoms. The van der Waals surface area contributed by atoms with E-state index in [-0.39, 0.29) is 0 Å². The molecule has 0 fully saturated rings. The van der Waals surface area contributed by atoms with E-state index in [9.17, 15) is 0 Å². The highest BCUT2D eigenvalue weighted by Gasteiger charge is 2.19. The molecule has 0 radical (unpaired) electrons. The number of para-hydroxylation sites is 1. The van der Waals surface area contributed by atoms with Gasteiger partial charge in [0, 0.05) is 12.5 Å². The molecular weight excluding hydrogens is 284 g/mol. The molecule has 6 heteroatoms. The minimum absolute atomic E-state index is 0.470. The van der Waals surface area contributed by atoms with E-state index in [1.165, 1.54) is 5.56 Å². The fourth-order valence-electron chi connectivity index (χ4n) is 2.63. The zero-order chi connectivity index (χ0) is 14.2. The predicted octanol–water partition coefficient (Wildman–Crippen LogP) is 2.76. The van der Waals surface area contributed by atoms with Crippen molar-refractivity contribution in [2.45, 2.75) is 13.3 Å². The van der Waals surface area contributed by atoms with Gasteiger partial charge in [0.1, 0.15) is 5.75 Å². The van der Waals surface area contributed by atoms with Crippen LogP contribution in [0.1, 0.15) is 11.3 Å². The number of aryl methyl sites for hydroxylation is 1. The first kappa shape index (κ1) is 12.6. The average Bonchev–Trinajstić information content (AvgIpc) is 3.01. The van der Waals surface area contributed by atoms with Crippen LogP contribution in [0.5, 0.6) is 5.75 Å². The Balaban J connectivity index is 1.42. The Bertz CT molecular complexity index is 747. The summed E-state index contributed by atoms with van der Waals surface area (Å²) >= 11 is 1.58. The summed E-state index contributed by atoms with van der Waals surface area (Å²) in [5.74, 6) is 1.50. The topological polar surface area (TPSA) is 51.5 Å². The summed E-state index contributed by atoms with van der Waals surface area (Å²) in [4.78, 5) is 5.34. The zero-order valence-corrected chi connectivity index (χ0v) is 12.6. The number of fused-ring (bicyclic) bond motifs is 2. The first-order chi connectivity index (χ1) is 10.3. The minimum atomic E-state index is 0.470. The van der Waals surface area contributed by atoms with Gasteiger partial charge in [0.05, 0.1) is 18.5 Å². The van der Waals surface area contributed by atoms with E-state index in [0.29, 0.717) is 5.92 Å². The van der Waals surface area contributed by atoms with Crippen molar-refractivity contribution in [2.75, 3.05) is 18.5 Å². The number of nitrogens with one attached hydrogen (secondary N) is 1. The highest BCUT2D eigenvalue weighted by Crippen LogP contribution is 2.27. The molecule has 3 aromatic rings. The maximum absolute atomic E-state index is 5.81. The molecule has 4 rings (SSSR count). The molecular formula is C15H16N4OS. The SMILES string of the molecule is Cc1cn2nc(NCC3COc4ccccc4C3)sc2n1. The van der Waals surface area contributed by atoms with Crippen molar-refractivity contribution < 1.29 is 4.74 Å². The van der Waals surface area contributed by atoms with Crippen LogP contribution in [0.2, 0.25) is 0 Å². The highest BCUT2D eigenvalue weighted by molar-refractivity contribution is 7.20. The van der Waals surface area contributed by atoms with Gasteiger partial charge in [0.25, 0.3) is 0 Å². The van der Waals surface area contributed by atoms with E-state index >= 15 is 0 Å². The van der Waals surface area contributed by atoms with Crippen molar-refractivity contribution in [1.82, 2.24) is 14.6 Å². The standard InChI is InChI=1S/C15H16N4OS/c1-10-8-19-15(17-10)21-14(18-19)16-7-11-6-12-4-2-3-5-13(12)20-9-11/h2-5,8,11H,6-7,9H2,1H3,(H,16,18). The quantitative estimate of drug-likeness (QED) is 0.808. The van der Waals surface area contributed by atoms with Crippen LogP contribution in [0.4, 0.5) is 5.13 Å². The number of rotatable bonds is 3. The van der Waals surface area contributed by atoms with Crippen molar-refractivity contribution in [1.29, 1.82) is 0 Å². The van der Waals surface area contributed by atoms with Crippen molar-refractivity contribution in [2.24, 2.45) is 5.92 Å². The van der Waals surface area contributed by atoms with Gasteiger partial charge in [-0.2, -0.15) is 0 Å². The molecule has 2 aromatic heterocycles. The number of ether oxygens (including phenoxy) is 1. The number of benzene rings is 1. The Kier molecular flexibility index (Phi) is 3.03. The molecule has 1 N–H and O–H groups in total. The van der Waals surface area contributed by atoms with Crippen molar-refractivity contribution in [3.63, 3.8) is 0 Å². The summed E-state index contributed by atoms with van der Waals surface area (Å²) in [7, 11) is 0. The summed E-state index contributed by atoms with van der Waals surface area (Å²) < 4.78 is 7.64. The van der Waals surface area contributed by atoms with Crippen LogP contribution in [-0.2, 0) is 6.42 Å². The maximum atomic E-state index is 5.81. The number of imidazole rings is 1. The third-order valence-electron chi connectivity index (χ3n) is 3.66. The van der Waals surface area contributed by atoms with E-state index in [1.807, 2.05) is 29.8 Å². The molecule has 0 bridgehead atoms. The lowest BCUT2D eigenvalue weighted by Gasteiger charge is -2.25. The number of hydrogen-bond donors (Lipinski definition) is 1. The van der Waals surface area contributed by atoms with Crippen molar-refractivity contribution >= 4 is 21.4 Å². The average molecular weight is 300 g/mol. The molecule has 0 saturated carbocycles. The van der Waals surface area contributed by atoms with Gasteiger partial charge in [-0.15, -0.1) is 5.10 Å². The van der Waals surface area contributed by atoms with Crippen LogP contribution < -0.4 is 10.1 Å². The summed E-state index contributed by atoms with van der Waals surface area (Å²) in [5, 5.41) is 8.80. The van der Waals surface area contributed by atoms with Crippen molar-refractivity contribution in [3.05, 3.63) is 41.7 Å². The van der Waals surface area contributed by atoms with Gasteiger partial charge in [-0.3, -0.25) is 0 Å². The first-order valence-corrected chi connectivity index (χ1v) is 7.87. The Morgan fingerprint density at radius 3 is 3.24 bits per heavy atom. The molecule has 108 valence electrons. The largest absolute Gasteiger partial charge is 0.493 e. The minimum Gasteiger partial charge on any atom is -0.493 e. The number of aromatic nitrogens is 3. The molecule has 0 spiro atoms. The predicted molar refractivity (Wildman–Crippen MR) is 83.2 cm³/mol. The second kappa shape index (κ2) is 5.04. The van der Waals surface area contributed by atoms with Gasteiger partial charge in [0.2, 0.25) is 10.1 Å². The summed E-state index contributed by atoms with van der Waals surface area (Å²) in [6.07, 6.45) is 2.99. The third-order valence-corrected chi connectivity index (χ3v) is 4.54. The monoisotopic (exact) mass is 300 g/mol. The van der Waals surface area contributed by atoms with Gasteiger partial charge >= 0.3 is 0 Å². The second-order valence-corrected chi connectivity index (χ2v) is 6.34. The van der Waals surface area contributed by atoms with Crippen LogP contribution in [0.3, 0.4) is 0 Å². The summed E-state index contributed by atoms with van der Waals surface area (Å²) in [5.41, 5.74) is 2.29. The fourth-order valence-corrected chi connectivity index (χ4v) is 3.47. The normalized spacial score (nSPS) is 17.5. The van der Waals surface area contributed by atoms with Gasteiger partial charge < -0.3 is 10.1 Å². The number of nitrogens with zero attached hydrogens (tertiary/aromatic N) is 3. The molecule has 3 heterocycles. The molecule has 1 aromatic carbocycles. The van der Waals surface area contributed by atoms with Crippen LogP contribution in [0, 0.1) is 12.8 Å². The van der Waals surface area contributed by atoms with E-state index in [2.05, 4.69) is 27.5 Å². The molecule has 1 aliphatic rings. The van der Waals surface area contributed by atoms with Crippen LogP contribution >= 0.6 is 11.3 Å². The van der Waals surface area contributed by atoms with Gasteiger partial charge in [0.15, 0.2) is 0 Å². The van der Waals surface area contributed by atoms with Crippen LogP contribution in [-0.4, -0.2) is 27.7 Å². The molecule has 1 aliphatic heterocycles.